The number of rotatable bonds is 2. The van der Waals surface area contributed by atoms with Crippen molar-refractivity contribution < 1.29 is 14.4 Å². The molecule has 2 fully saturated rings. The zero-order valence-electron chi connectivity index (χ0n) is 6.89. The largest absolute Gasteiger partial charge is 0.285 e. The van der Waals surface area contributed by atoms with Gasteiger partial charge in [0.1, 0.15) is 0 Å². The van der Waals surface area contributed by atoms with Gasteiger partial charge in [0.05, 0.1) is 0 Å². The second-order valence-corrected chi connectivity index (χ2v) is 24.5. The van der Waals surface area contributed by atoms with E-state index in [2.05, 4.69) is 0 Å². The molecule has 0 bridgehead atoms. The van der Waals surface area contributed by atoms with Crippen LogP contribution in [0.15, 0.2) is 0 Å². The topological polar surface area (TPSA) is 51.2 Å². The summed E-state index contributed by atoms with van der Waals surface area (Å²) in [6.45, 7) is 0. The van der Waals surface area contributed by atoms with Gasteiger partial charge in [-0.2, -0.15) is 0 Å². The molecule has 0 amide bonds. The smallest absolute Gasteiger partial charge is 0.280 e. The Morgan fingerprint density at radius 2 is 0.938 bits per heavy atom. The predicted octanol–water partition coefficient (Wildman–Crippen LogP) is 4.65. The SMILES string of the molecule is O=C(C(=O)[SH]1SSSS1)C(=O)[SH]1SSSS1. The quantitative estimate of drug-likeness (QED) is 0.291. The van der Waals surface area contributed by atoms with E-state index in [4.69, 9.17) is 0 Å². The summed E-state index contributed by atoms with van der Waals surface area (Å²) >= 11 is 0. The standard InChI is InChI=1S/C3H2O3S10/c4-1(2(5)15-11-7-8-12-15)3(6)16-13-9-10-14-16/h15-16H. The van der Waals surface area contributed by atoms with Crippen molar-refractivity contribution in [3.8, 4) is 0 Å². The van der Waals surface area contributed by atoms with E-state index < -0.39 is 33.9 Å². The van der Waals surface area contributed by atoms with Crippen LogP contribution >= 0.6 is 96.5 Å². The molecule has 0 saturated carbocycles. The number of hydrogen-bond donors (Lipinski definition) is 2. The molecule has 0 aromatic rings. The minimum absolute atomic E-state index is 0.488. The molecular formula is C3H2O3S10. The van der Waals surface area contributed by atoms with Gasteiger partial charge in [-0.15, -0.1) is 0 Å². The van der Waals surface area contributed by atoms with Gasteiger partial charge in [-0.25, -0.2) is 0 Å². The minimum Gasteiger partial charge on any atom is -0.280 e. The highest BCUT2D eigenvalue weighted by atomic mass is 34.1. The summed E-state index contributed by atoms with van der Waals surface area (Å²) in [5.41, 5.74) is 0. The fourth-order valence-corrected chi connectivity index (χ4v) is 40.6. The van der Waals surface area contributed by atoms with E-state index >= 15 is 0 Å². The Balaban J connectivity index is 1.95. The maximum absolute atomic E-state index is 11.7. The van der Waals surface area contributed by atoms with Gasteiger partial charge in [-0.05, 0) is 78.6 Å². The van der Waals surface area contributed by atoms with Crippen molar-refractivity contribution in [2.45, 2.75) is 0 Å². The van der Waals surface area contributed by atoms with Gasteiger partial charge in [0.25, 0.3) is 16.0 Å². The van der Waals surface area contributed by atoms with Gasteiger partial charge in [0.15, 0.2) is 0 Å². The first-order valence-electron chi connectivity index (χ1n) is 3.29. The van der Waals surface area contributed by atoms with E-state index in [0.29, 0.717) is 0 Å². The highest BCUT2D eigenvalue weighted by molar-refractivity contribution is 9.65. The molecule has 16 heavy (non-hydrogen) atoms. The summed E-state index contributed by atoms with van der Waals surface area (Å²) in [5.74, 6) is -0.788. The first kappa shape index (κ1) is 14.9. The van der Waals surface area contributed by atoms with Crippen LogP contribution in [0.25, 0.3) is 0 Å². The lowest BCUT2D eigenvalue weighted by molar-refractivity contribution is -0.137. The number of ketones is 1. The van der Waals surface area contributed by atoms with Crippen LogP contribution < -0.4 is 0 Å². The molecule has 0 N–H and O–H groups in total. The van der Waals surface area contributed by atoms with Gasteiger partial charge >= 0.3 is 0 Å². The summed E-state index contributed by atoms with van der Waals surface area (Å²) in [7, 11) is 9.50. The van der Waals surface area contributed by atoms with Gasteiger partial charge < -0.3 is 0 Å². The lowest BCUT2D eigenvalue weighted by Crippen LogP contribution is -2.20. The number of carbonyl (C=O) groups excluding carboxylic acids is 3. The number of thiol groups is 2. The predicted molar refractivity (Wildman–Crippen MR) is 93.7 cm³/mol. The second-order valence-electron chi connectivity index (χ2n) is 2.02. The third-order valence-corrected chi connectivity index (χ3v) is 32.0. The van der Waals surface area contributed by atoms with Crippen molar-refractivity contribution in [2.24, 2.45) is 0 Å². The molecule has 0 aromatic carbocycles. The van der Waals surface area contributed by atoms with Gasteiger partial charge in [-0.3, -0.25) is 14.4 Å². The lowest BCUT2D eigenvalue weighted by Gasteiger charge is -2.09. The van der Waals surface area contributed by atoms with Crippen LogP contribution in [0.2, 0.25) is 0 Å². The zero-order chi connectivity index (χ0) is 11.5. The Kier molecular flexibility index (Phi) is 6.83. The normalized spacial score (nSPS) is 24.8. The molecule has 0 aliphatic carbocycles. The molecule has 0 atom stereocenters. The molecule has 92 valence electrons. The maximum Gasteiger partial charge on any atom is 0.285 e. The molecule has 2 rings (SSSR count). The minimum atomic E-state index is -1.06. The van der Waals surface area contributed by atoms with Crippen LogP contribution in [-0.2, 0) is 14.4 Å². The molecule has 2 heterocycles. The molecule has 0 spiro atoms. The van der Waals surface area contributed by atoms with E-state index in [1.807, 2.05) is 0 Å². The van der Waals surface area contributed by atoms with Crippen LogP contribution in [-0.4, -0.2) is 16.0 Å². The van der Waals surface area contributed by atoms with Crippen molar-refractivity contribution in [3.05, 3.63) is 0 Å². The van der Waals surface area contributed by atoms with E-state index in [1.54, 1.807) is 0 Å². The maximum atomic E-state index is 11.7. The van der Waals surface area contributed by atoms with Gasteiger partial charge in [0, 0.05) is 0 Å². The second kappa shape index (κ2) is 7.33. The third-order valence-electron chi connectivity index (χ3n) is 1.17. The molecule has 3 nitrogen and oxygen atoms in total. The van der Waals surface area contributed by atoms with E-state index in [1.165, 1.54) is 78.6 Å². The molecule has 13 heteroatoms. The van der Waals surface area contributed by atoms with Crippen molar-refractivity contribution >= 4 is 113 Å². The fraction of sp³-hybridized carbons (Fsp3) is 0. The fourth-order valence-electron chi connectivity index (χ4n) is 0.578. The average Bonchev–Trinajstić information content (AvgIpc) is 2.97. The third kappa shape index (κ3) is 3.76. The molecule has 2 aliphatic rings. The Bertz CT molecular complexity index is 287. The average molecular weight is 407 g/mol. The highest BCUT2D eigenvalue weighted by Crippen LogP contribution is 2.77. The Morgan fingerprint density at radius 1 is 0.625 bits per heavy atom. The molecule has 2 saturated heterocycles. The van der Waals surface area contributed by atoms with E-state index in [0.717, 1.165) is 0 Å². The number of hydrogen-bond acceptors (Lipinski definition) is 11. The number of Topliss-reactive ketones (excluding diaryl/α,β-unsaturated/α-hetero) is 1. The van der Waals surface area contributed by atoms with Crippen molar-refractivity contribution in [2.75, 3.05) is 0 Å². The van der Waals surface area contributed by atoms with Crippen LogP contribution in [0.5, 0.6) is 0 Å². The molecule has 0 aromatic heterocycles. The highest BCUT2D eigenvalue weighted by Gasteiger charge is 2.36. The van der Waals surface area contributed by atoms with Crippen LogP contribution in [0.1, 0.15) is 0 Å². The van der Waals surface area contributed by atoms with E-state index in [-0.39, 0.29) is 0 Å². The Labute approximate surface area is 125 Å². The molecule has 0 radical (unpaired) electrons. The van der Waals surface area contributed by atoms with Gasteiger partial charge in [0.2, 0.25) is 0 Å². The molecular weight excluding hydrogens is 405 g/mol. The van der Waals surface area contributed by atoms with Crippen LogP contribution in [0.3, 0.4) is 0 Å². The molecule has 2 aliphatic heterocycles. The summed E-state index contributed by atoms with van der Waals surface area (Å²) in [6.07, 6.45) is 0. The summed E-state index contributed by atoms with van der Waals surface area (Å²) in [6, 6.07) is 0. The van der Waals surface area contributed by atoms with Gasteiger partial charge in [-0.1, -0.05) is 17.9 Å². The van der Waals surface area contributed by atoms with Crippen molar-refractivity contribution in [3.63, 3.8) is 0 Å². The molecule has 0 unspecified atom stereocenters. The lowest BCUT2D eigenvalue weighted by atomic mass is 10.5. The monoisotopic (exact) mass is 406 g/mol. The first-order chi connectivity index (χ1) is 7.70. The summed E-state index contributed by atoms with van der Waals surface area (Å²) in [5, 5.41) is -0.976. The zero-order valence-corrected chi connectivity index (χ0v) is 15.2. The van der Waals surface area contributed by atoms with Crippen molar-refractivity contribution in [1.82, 2.24) is 0 Å². The van der Waals surface area contributed by atoms with Crippen LogP contribution in [0, 0.1) is 0 Å². The number of carbonyl (C=O) groups is 3. The Morgan fingerprint density at radius 3 is 1.25 bits per heavy atom. The van der Waals surface area contributed by atoms with Crippen LogP contribution in [0.4, 0.5) is 0 Å². The summed E-state index contributed by atoms with van der Waals surface area (Å²) < 4.78 is 0. The first-order valence-corrected chi connectivity index (χ1v) is 18.0. The summed E-state index contributed by atoms with van der Waals surface area (Å²) in [4.78, 5) is 35.1. The van der Waals surface area contributed by atoms with E-state index in [9.17, 15) is 14.4 Å². The van der Waals surface area contributed by atoms with Crippen molar-refractivity contribution in [1.29, 1.82) is 0 Å². The Hall–Kier alpha value is 2.51.